The number of nitriles is 1. The normalized spacial score (nSPS) is 11.3. The zero-order valence-electron chi connectivity index (χ0n) is 39.4. The molecule has 0 spiro atoms. The highest BCUT2D eigenvalue weighted by Crippen LogP contribution is 2.40. The zero-order chi connectivity index (χ0) is 51.0. The zero-order valence-corrected chi connectivity index (χ0v) is 39.4. The predicted octanol–water partition coefficient (Wildman–Crippen LogP) is 16.5. The fourth-order valence-electron chi connectivity index (χ4n) is 8.61. The van der Waals surface area contributed by atoms with Crippen molar-refractivity contribution in [2.24, 2.45) is 0 Å². The van der Waals surface area contributed by atoms with Gasteiger partial charge in [-0.2, -0.15) is 5.26 Å². The third kappa shape index (κ3) is 10.6. The van der Waals surface area contributed by atoms with Crippen LogP contribution in [0.4, 0.5) is 34.1 Å². The SMILES string of the molecule is [C-]#[N+]C(=Cc1ccc(N(c2ccc(Oc3ccc4ccccc4c3)cc2)c2ccc(-c3ccc(N(c4ccc(C=C(C#N)C(=O)O)cc4)c4ccc(Oc5ccc6ccccc6c5)cc4)cc3)cc2)cc1)C(=O)O. The summed E-state index contributed by atoms with van der Waals surface area (Å²) >= 11 is 0. The number of carboxylic acid groups (broad SMARTS) is 2. The molecule has 10 rings (SSSR count). The molecule has 10 heteroatoms. The van der Waals surface area contributed by atoms with E-state index in [9.17, 15) is 25.1 Å². The molecule has 354 valence electrons. The molecular weight excluding hydrogens is 921 g/mol. The molecule has 0 atom stereocenters. The maximum atomic E-state index is 11.6. The number of benzene rings is 10. The summed E-state index contributed by atoms with van der Waals surface area (Å²) in [6.45, 7) is 7.30. The first-order valence-corrected chi connectivity index (χ1v) is 23.4. The van der Waals surface area contributed by atoms with Crippen LogP contribution in [0, 0.1) is 17.9 Å². The average molecular weight is 963 g/mol. The monoisotopic (exact) mass is 962 g/mol. The molecule has 0 amide bonds. The molecular formula is C64H42N4O6. The Hall–Kier alpha value is -10.7. The van der Waals surface area contributed by atoms with Crippen LogP contribution in [0.3, 0.4) is 0 Å². The van der Waals surface area contributed by atoms with Gasteiger partial charge in [-0.05, 0) is 177 Å². The summed E-state index contributed by atoms with van der Waals surface area (Å²) in [5, 5.41) is 32.7. The van der Waals surface area contributed by atoms with E-state index < -0.39 is 11.9 Å². The number of hydrogen-bond donors (Lipinski definition) is 2. The second-order valence-electron chi connectivity index (χ2n) is 17.1. The first kappa shape index (κ1) is 47.0. The molecule has 10 aromatic carbocycles. The maximum absolute atomic E-state index is 11.6. The molecule has 0 saturated carbocycles. The number of hydrogen-bond acceptors (Lipinski definition) is 7. The van der Waals surface area contributed by atoms with Gasteiger partial charge in [-0.25, -0.2) is 9.64 Å². The number of ether oxygens (including phenoxy) is 2. The van der Waals surface area contributed by atoms with Crippen molar-refractivity contribution in [3.05, 3.63) is 264 Å². The largest absolute Gasteiger partial charge is 0.486 e. The topological polar surface area (TPSA) is 128 Å². The van der Waals surface area contributed by atoms with E-state index in [0.29, 0.717) is 22.6 Å². The molecule has 10 aromatic rings. The summed E-state index contributed by atoms with van der Waals surface area (Å²) in [5.41, 5.74) is 7.44. The lowest BCUT2D eigenvalue weighted by atomic mass is 10.0. The maximum Gasteiger partial charge on any atom is 0.346 e. The summed E-state index contributed by atoms with van der Waals surface area (Å²) in [6, 6.07) is 76.7. The summed E-state index contributed by atoms with van der Waals surface area (Å²) in [6.07, 6.45) is 2.70. The fraction of sp³-hybridized carbons (Fsp3) is 0. The van der Waals surface area contributed by atoms with E-state index in [1.54, 1.807) is 30.3 Å². The van der Waals surface area contributed by atoms with Gasteiger partial charge in [-0.15, -0.1) is 0 Å². The fourth-order valence-corrected chi connectivity index (χ4v) is 8.61. The Balaban J connectivity index is 0.939. The lowest BCUT2D eigenvalue weighted by Crippen LogP contribution is -2.10. The molecule has 74 heavy (non-hydrogen) atoms. The van der Waals surface area contributed by atoms with Crippen molar-refractivity contribution < 1.29 is 29.3 Å². The molecule has 0 saturated heterocycles. The lowest BCUT2D eigenvalue weighted by Gasteiger charge is -2.26. The number of carbonyl (C=O) groups is 2. The number of carboxylic acids is 2. The van der Waals surface area contributed by atoms with Gasteiger partial charge in [0.05, 0.1) is 6.57 Å². The third-order valence-corrected chi connectivity index (χ3v) is 12.3. The summed E-state index contributed by atoms with van der Waals surface area (Å²) in [7, 11) is 0. The van der Waals surface area contributed by atoms with E-state index in [0.717, 1.165) is 78.3 Å². The van der Waals surface area contributed by atoms with Gasteiger partial charge in [0.1, 0.15) is 34.6 Å². The van der Waals surface area contributed by atoms with Crippen molar-refractivity contribution >= 4 is 79.8 Å². The van der Waals surface area contributed by atoms with Crippen molar-refractivity contribution in [1.29, 1.82) is 5.26 Å². The number of fused-ring (bicyclic) bond motifs is 2. The van der Waals surface area contributed by atoms with E-state index >= 15 is 0 Å². The molecule has 2 N–H and O–H groups in total. The Morgan fingerprint density at radius 3 is 1.12 bits per heavy atom. The molecule has 0 radical (unpaired) electrons. The van der Waals surface area contributed by atoms with E-state index in [4.69, 9.17) is 16.0 Å². The molecule has 0 aliphatic carbocycles. The van der Waals surface area contributed by atoms with Crippen LogP contribution >= 0.6 is 0 Å². The van der Waals surface area contributed by atoms with Crippen LogP contribution < -0.4 is 19.3 Å². The number of anilines is 6. The van der Waals surface area contributed by atoms with Gasteiger partial charge < -0.3 is 29.5 Å². The van der Waals surface area contributed by atoms with E-state index in [-0.39, 0.29) is 11.3 Å². The first-order chi connectivity index (χ1) is 36.2. The lowest BCUT2D eigenvalue weighted by molar-refractivity contribution is -0.133. The summed E-state index contributed by atoms with van der Waals surface area (Å²) in [4.78, 5) is 30.5. The minimum absolute atomic E-state index is 0.358. The van der Waals surface area contributed by atoms with Crippen molar-refractivity contribution in [2.75, 3.05) is 9.80 Å². The van der Waals surface area contributed by atoms with Gasteiger partial charge in [0, 0.05) is 34.1 Å². The molecule has 0 aliphatic rings. The quantitative estimate of drug-likeness (QED) is 0.0586. The van der Waals surface area contributed by atoms with Gasteiger partial charge in [0.2, 0.25) is 0 Å². The summed E-state index contributed by atoms with van der Waals surface area (Å²) < 4.78 is 12.6. The van der Waals surface area contributed by atoms with Gasteiger partial charge in [0.15, 0.2) is 0 Å². The van der Waals surface area contributed by atoms with Gasteiger partial charge in [-0.1, -0.05) is 109 Å². The highest BCUT2D eigenvalue weighted by molar-refractivity contribution is 5.97. The van der Waals surface area contributed by atoms with Gasteiger partial charge in [0.25, 0.3) is 5.70 Å². The smallest absolute Gasteiger partial charge is 0.346 e. The van der Waals surface area contributed by atoms with Crippen LogP contribution in [0.25, 0.3) is 49.7 Å². The van der Waals surface area contributed by atoms with Crippen LogP contribution in [0.1, 0.15) is 11.1 Å². The van der Waals surface area contributed by atoms with Crippen LogP contribution in [0.15, 0.2) is 242 Å². The number of rotatable bonds is 15. The molecule has 0 aliphatic heterocycles. The van der Waals surface area contributed by atoms with Crippen molar-refractivity contribution in [2.45, 2.75) is 0 Å². The Morgan fingerprint density at radius 1 is 0.432 bits per heavy atom. The Bertz CT molecular complexity index is 3580. The molecule has 0 aromatic heterocycles. The van der Waals surface area contributed by atoms with Crippen LogP contribution in [0.5, 0.6) is 23.0 Å². The molecule has 0 fully saturated rings. The van der Waals surface area contributed by atoms with Crippen LogP contribution in [-0.2, 0) is 9.59 Å². The van der Waals surface area contributed by atoms with Crippen molar-refractivity contribution in [3.8, 4) is 40.2 Å². The second kappa shape index (κ2) is 21.1. The molecule has 0 heterocycles. The van der Waals surface area contributed by atoms with Crippen LogP contribution in [0.2, 0.25) is 0 Å². The Labute approximate surface area is 426 Å². The minimum Gasteiger partial charge on any atom is -0.486 e. The van der Waals surface area contributed by atoms with E-state index in [2.05, 4.69) is 63.2 Å². The number of aliphatic carboxylic acids is 2. The van der Waals surface area contributed by atoms with E-state index in [1.807, 2.05) is 158 Å². The average Bonchev–Trinajstić information content (AvgIpc) is 3.44. The standard InChI is InChI=1S/C64H42N4O6/c1-66-62(64(71)72)39-44-12-22-53(23-13-44)68(57-30-36-59(37-31-57)74-61-33-19-46-7-3-5-9-50(46)41-61)55-26-16-48(17-27-55)47-14-24-54(25-15-47)67(52-20-10-43(11-21-52)38-51(42-65)63(69)70)56-28-34-58(35-29-56)73-60-32-18-45-6-2-4-8-49(45)40-60/h2-41H,(H,69,70)(H,71,72). The molecule has 0 unspecified atom stereocenters. The molecule has 10 nitrogen and oxygen atoms in total. The molecule has 0 bridgehead atoms. The summed E-state index contributed by atoms with van der Waals surface area (Å²) in [5.74, 6) is 0.215. The highest BCUT2D eigenvalue weighted by atomic mass is 16.5. The van der Waals surface area contributed by atoms with Crippen molar-refractivity contribution in [3.63, 3.8) is 0 Å². The minimum atomic E-state index is -1.29. The van der Waals surface area contributed by atoms with Crippen molar-refractivity contribution in [1.82, 2.24) is 0 Å². The Kier molecular flexibility index (Phi) is 13.4. The predicted molar refractivity (Wildman–Crippen MR) is 293 cm³/mol. The van der Waals surface area contributed by atoms with Crippen LogP contribution in [-0.4, -0.2) is 22.2 Å². The van der Waals surface area contributed by atoms with Gasteiger partial charge >= 0.3 is 11.9 Å². The number of nitrogens with zero attached hydrogens (tertiary/aromatic N) is 4. The first-order valence-electron chi connectivity index (χ1n) is 23.4. The highest BCUT2D eigenvalue weighted by Gasteiger charge is 2.17. The van der Waals surface area contributed by atoms with Gasteiger partial charge in [-0.3, -0.25) is 4.79 Å². The van der Waals surface area contributed by atoms with E-state index in [1.165, 1.54) is 12.2 Å². The Morgan fingerprint density at radius 2 is 0.770 bits per heavy atom. The third-order valence-electron chi connectivity index (χ3n) is 12.3. The second-order valence-corrected chi connectivity index (χ2v) is 17.1.